The highest BCUT2D eigenvalue weighted by atomic mass is 32.1. The molecule has 1 heterocycles. The summed E-state index contributed by atoms with van der Waals surface area (Å²) in [6.07, 6.45) is 0. The fourth-order valence-electron chi connectivity index (χ4n) is 0.715. The minimum absolute atomic E-state index is 0.0430. The van der Waals surface area contributed by atoms with Crippen molar-refractivity contribution in [1.29, 1.82) is 0 Å². The molecule has 0 bridgehead atoms. The molecule has 0 spiro atoms. The molecule has 72 valence electrons. The average molecular weight is 201 g/mol. The normalized spacial score (nSPS) is 9.62. The number of aromatic nitrogens is 2. The summed E-state index contributed by atoms with van der Waals surface area (Å²) >= 11 is 1.20. The molecule has 0 aromatic carbocycles. The van der Waals surface area contributed by atoms with Crippen molar-refractivity contribution in [2.45, 2.75) is 6.92 Å². The Morgan fingerprint density at radius 1 is 1.62 bits per heavy atom. The van der Waals surface area contributed by atoms with Crippen molar-refractivity contribution in [2.75, 3.05) is 24.1 Å². The van der Waals surface area contributed by atoms with E-state index in [0.717, 1.165) is 0 Å². The molecule has 1 amide bonds. The van der Waals surface area contributed by atoms with Crippen molar-refractivity contribution in [3.05, 3.63) is 0 Å². The molecule has 0 unspecified atom stereocenters. The van der Waals surface area contributed by atoms with Gasteiger partial charge in [0.2, 0.25) is 17.0 Å². The van der Waals surface area contributed by atoms with E-state index in [0.29, 0.717) is 18.2 Å². The maximum Gasteiger partial charge on any atom is 0.233 e. The number of hydrogen-bond donors (Lipinski definition) is 3. The number of amides is 1. The first kappa shape index (κ1) is 9.72. The van der Waals surface area contributed by atoms with Gasteiger partial charge in [0.15, 0.2) is 0 Å². The minimum Gasteiger partial charge on any atom is -0.367 e. The summed E-state index contributed by atoms with van der Waals surface area (Å²) in [5.41, 5.74) is 5.31. The van der Waals surface area contributed by atoms with Gasteiger partial charge in [0.25, 0.3) is 0 Å². The second-order valence-corrected chi connectivity index (χ2v) is 3.12. The first-order chi connectivity index (χ1) is 6.18. The molecular formula is C6H11N5OS. The molecule has 0 aliphatic carbocycles. The summed E-state index contributed by atoms with van der Waals surface area (Å²) in [7, 11) is 0. The monoisotopic (exact) mass is 201 g/mol. The van der Waals surface area contributed by atoms with Crippen molar-refractivity contribution < 1.29 is 4.79 Å². The standard InChI is InChI=1S/C6H11N5OS/c1-4(12)8-2-3-9-6-10-5(7)11-13-6/h2-3H2,1H3,(H,8,12)(H3,7,9,10,11). The summed E-state index contributed by atoms with van der Waals surface area (Å²) in [5, 5.41) is 6.29. The zero-order chi connectivity index (χ0) is 9.68. The van der Waals surface area contributed by atoms with E-state index in [4.69, 9.17) is 5.73 Å². The lowest BCUT2D eigenvalue weighted by Gasteiger charge is -2.01. The first-order valence-electron chi connectivity index (χ1n) is 3.76. The second kappa shape index (κ2) is 4.61. The van der Waals surface area contributed by atoms with E-state index < -0.39 is 0 Å². The Labute approximate surface area is 79.7 Å². The largest absolute Gasteiger partial charge is 0.367 e. The molecule has 13 heavy (non-hydrogen) atoms. The number of anilines is 2. The van der Waals surface area contributed by atoms with Gasteiger partial charge in [-0.1, -0.05) is 0 Å². The third-order valence-electron chi connectivity index (χ3n) is 1.22. The Kier molecular flexibility index (Phi) is 3.44. The molecule has 0 saturated heterocycles. The van der Waals surface area contributed by atoms with E-state index in [1.807, 2.05) is 0 Å². The van der Waals surface area contributed by atoms with Crippen LogP contribution in [0.4, 0.5) is 11.1 Å². The van der Waals surface area contributed by atoms with Gasteiger partial charge in [-0.3, -0.25) is 4.79 Å². The summed E-state index contributed by atoms with van der Waals surface area (Å²) in [6.45, 7) is 2.66. The average Bonchev–Trinajstić information content (AvgIpc) is 2.45. The van der Waals surface area contributed by atoms with Crippen LogP contribution in [0.2, 0.25) is 0 Å². The van der Waals surface area contributed by atoms with E-state index in [9.17, 15) is 4.79 Å². The van der Waals surface area contributed by atoms with Crippen molar-refractivity contribution in [1.82, 2.24) is 14.7 Å². The highest BCUT2D eigenvalue weighted by molar-refractivity contribution is 7.09. The van der Waals surface area contributed by atoms with Crippen LogP contribution in [0.1, 0.15) is 6.92 Å². The topological polar surface area (TPSA) is 92.9 Å². The molecule has 1 aromatic heterocycles. The number of nitrogens with one attached hydrogen (secondary N) is 2. The minimum atomic E-state index is -0.0430. The number of nitrogens with zero attached hydrogens (tertiary/aromatic N) is 2. The smallest absolute Gasteiger partial charge is 0.233 e. The van der Waals surface area contributed by atoms with Gasteiger partial charge < -0.3 is 16.4 Å². The number of rotatable bonds is 4. The van der Waals surface area contributed by atoms with Crippen LogP contribution in [0, 0.1) is 0 Å². The first-order valence-corrected chi connectivity index (χ1v) is 4.53. The molecule has 1 rings (SSSR count). The summed E-state index contributed by atoms with van der Waals surface area (Å²) in [4.78, 5) is 14.4. The van der Waals surface area contributed by atoms with Crippen LogP contribution in [0.25, 0.3) is 0 Å². The third kappa shape index (κ3) is 3.70. The fourth-order valence-corrected chi connectivity index (χ4v) is 1.24. The predicted molar refractivity (Wildman–Crippen MR) is 51.5 cm³/mol. The number of nitrogens with two attached hydrogens (primary N) is 1. The van der Waals surface area contributed by atoms with Crippen molar-refractivity contribution in [3.8, 4) is 0 Å². The maximum absolute atomic E-state index is 10.5. The molecule has 7 heteroatoms. The van der Waals surface area contributed by atoms with Crippen LogP contribution in [0.5, 0.6) is 0 Å². The van der Waals surface area contributed by atoms with Gasteiger partial charge >= 0.3 is 0 Å². The summed E-state index contributed by atoms with van der Waals surface area (Å²) in [6, 6.07) is 0. The number of carbonyl (C=O) groups excluding carboxylic acids is 1. The van der Waals surface area contributed by atoms with Crippen LogP contribution in [0.15, 0.2) is 0 Å². The third-order valence-corrected chi connectivity index (χ3v) is 1.90. The van der Waals surface area contributed by atoms with Crippen molar-refractivity contribution in [2.24, 2.45) is 0 Å². The second-order valence-electron chi connectivity index (χ2n) is 2.37. The van der Waals surface area contributed by atoms with Crippen LogP contribution < -0.4 is 16.4 Å². The highest BCUT2D eigenvalue weighted by Crippen LogP contribution is 2.10. The molecule has 0 atom stereocenters. The number of hydrogen-bond acceptors (Lipinski definition) is 6. The van der Waals surface area contributed by atoms with E-state index in [1.54, 1.807) is 0 Å². The van der Waals surface area contributed by atoms with Gasteiger partial charge in [-0.25, -0.2) is 0 Å². The SMILES string of the molecule is CC(=O)NCCNc1nc(N)ns1. The Morgan fingerprint density at radius 2 is 2.38 bits per heavy atom. The van der Waals surface area contributed by atoms with Crippen LogP contribution in [-0.4, -0.2) is 28.4 Å². The molecule has 4 N–H and O–H groups in total. The predicted octanol–water partition coefficient (Wildman–Crippen LogP) is -0.332. The van der Waals surface area contributed by atoms with Crippen molar-refractivity contribution >= 4 is 28.5 Å². The van der Waals surface area contributed by atoms with Gasteiger partial charge in [0.1, 0.15) is 0 Å². The van der Waals surface area contributed by atoms with Gasteiger partial charge in [-0.15, -0.1) is 0 Å². The van der Waals surface area contributed by atoms with E-state index >= 15 is 0 Å². The molecular weight excluding hydrogens is 190 g/mol. The Morgan fingerprint density at radius 3 is 2.92 bits per heavy atom. The Hall–Kier alpha value is -1.37. The summed E-state index contributed by atoms with van der Waals surface area (Å²) < 4.78 is 3.79. The van der Waals surface area contributed by atoms with Gasteiger partial charge in [-0.05, 0) is 0 Å². The zero-order valence-electron chi connectivity index (χ0n) is 7.20. The van der Waals surface area contributed by atoms with E-state index in [-0.39, 0.29) is 11.9 Å². The molecule has 0 aliphatic heterocycles. The quantitative estimate of drug-likeness (QED) is 0.580. The number of carbonyl (C=O) groups is 1. The maximum atomic E-state index is 10.5. The molecule has 0 saturated carbocycles. The molecule has 1 aromatic rings. The fraction of sp³-hybridized carbons (Fsp3) is 0.500. The van der Waals surface area contributed by atoms with Crippen molar-refractivity contribution in [3.63, 3.8) is 0 Å². The molecule has 0 fully saturated rings. The van der Waals surface area contributed by atoms with Crippen LogP contribution in [-0.2, 0) is 4.79 Å². The molecule has 0 aliphatic rings. The highest BCUT2D eigenvalue weighted by Gasteiger charge is 1.98. The zero-order valence-corrected chi connectivity index (χ0v) is 8.02. The van der Waals surface area contributed by atoms with Gasteiger partial charge in [-0.2, -0.15) is 9.36 Å². The molecule has 6 nitrogen and oxygen atoms in total. The van der Waals surface area contributed by atoms with E-state index in [2.05, 4.69) is 20.0 Å². The summed E-state index contributed by atoms with van der Waals surface area (Å²) in [5.74, 6) is 0.227. The lowest BCUT2D eigenvalue weighted by Crippen LogP contribution is -2.26. The Balaban J connectivity index is 2.16. The van der Waals surface area contributed by atoms with Gasteiger partial charge in [0.05, 0.1) is 0 Å². The van der Waals surface area contributed by atoms with Crippen LogP contribution >= 0.6 is 11.5 Å². The number of nitrogen functional groups attached to an aromatic ring is 1. The lowest BCUT2D eigenvalue weighted by atomic mass is 10.6. The Bertz CT molecular complexity index is 286. The molecule has 0 radical (unpaired) electrons. The van der Waals surface area contributed by atoms with Crippen LogP contribution in [0.3, 0.4) is 0 Å². The van der Waals surface area contributed by atoms with E-state index in [1.165, 1.54) is 18.5 Å². The lowest BCUT2D eigenvalue weighted by molar-refractivity contribution is -0.118. The van der Waals surface area contributed by atoms with Gasteiger partial charge in [0, 0.05) is 31.5 Å².